The van der Waals surface area contributed by atoms with Crippen LogP contribution in [-0.2, 0) is 0 Å². The highest BCUT2D eigenvalue weighted by molar-refractivity contribution is 6.32. The van der Waals surface area contributed by atoms with E-state index in [1.54, 1.807) is 7.85 Å². The number of benzene rings is 1. The Hall–Kier alpha value is -1.10. The van der Waals surface area contributed by atoms with Crippen LogP contribution in [0.15, 0.2) is 12.1 Å². The van der Waals surface area contributed by atoms with Gasteiger partial charge in [0.05, 0.1) is 6.10 Å². The Balaban J connectivity index is 1.74. The van der Waals surface area contributed by atoms with Crippen LogP contribution in [0.2, 0.25) is 0 Å². The van der Waals surface area contributed by atoms with E-state index in [4.69, 9.17) is 4.74 Å². The predicted molar refractivity (Wildman–Crippen MR) is 68.0 cm³/mol. The lowest BCUT2D eigenvalue weighted by Gasteiger charge is -2.16. The van der Waals surface area contributed by atoms with Crippen LogP contribution in [0.5, 0.6) is 5.75 Å². The van der Waals surface area contributed by atoms with Crippen LogP contribution in [0.3, 0.4) is 0 Å². The molecule has 3 rings (SSSR count). The van der Waals surface area contributed by atoms with Gasteiger partial charge in [0.2, 0.25) is 0 Å². The molecule has 1 heterocycles. The van der Waals surface area contributed by atoms with Gasteiger partial charge in [-0.15, -0.1) is 0 Å². The summed E-state index contributed by atoms with van der Waals surface area (Å²) in [7, 11) is 1.67. The van der Waals surface area contributed by atoms with Crippen LogP contribution in [0.4, 0.5) is 8.78 Å². The van der Waals surface area contributed by atoms with Gasteiger partial charge in [-0.2, -0.15) is 0 Å². The van der Waals surface area contributed by atoms with Crippen molar-refractivity contribution in [1.29, 1.82) is 0 Å². The molecule has 0 unspecified atom stereocenters. The lowest BCUT2D eigenvalue weighted by molar-refractivity contribution is 0.182. The first-order valence-electron chi connectivity index (χ1n) is 6.46. The molecule has 1 saturated carbocycles. The summed E-state index contributed by atoms with van der Waals surface area (Å²) >= 11 is 0. The molecule has 2 nitrogen and oxygen atoms in total. The monoisotopic (exact) mass is 251 g/mol. The summed E-state index contributed by atoms with van der Waals surface area (Å²) < 4.78 is 32.9. The van der Waals surface area contributed by atoms with Crippen molar-refractivity contribution in [2.45, 2.75) is 18.9 Å². The Kier molecular flexibility index (Phi) is 3.02. The normalized spacial score (nSPS) is 30.4. The Bertz CT molecular complexity index is 433. The van der Waals surface area contributed by atoms with Gasteiger partial charge in [0, 0.05) is 0 Å². The minimum Gasteiger partial charge on any atom is -0.484 e. The van der Waals surface area contributed by atoms with E-state index >= 15 is 0 Å². The van der Waals surface area contributed by atoms with E-state index in [0.717, 1.165) is 25.9 Å². The average Bonchev–Trinajstić information content (AvgIpc) is 2.83. The van der Waals surface area contributed by atoms with Gasteiger partial charge in [0.15, 0.2) is 17.4 Å². The molecule has 2 fully saturated rings. The predicted octanol–water partition coefficient (Wildman–Crippen LogP) is 0.600. The molecule has 0 spiro atoms. The first-order valence-corrected chi connectivity index (χ1v) is 6.46. The molecule has 0 aromatic heterocycles. The van der Waals surface area contributed by atoms with Crippen LogP contribution in [0.25, 0.3) is 0 Å². The quantitative estimate of drug-likeness (QED) is 0.777. The van der Waals surface area contributed by atoms with Crippen molar-refractivity contribution in [1.82, 2.24) is 5.32 Å². The lowest BCUT2D eigenvalue weighted by Crippen LogP contribution is -2.20. The van der Waals surface area contributed by atoms with Crippen LogP contribution in [0, 0.1) is 23.5 Å². The zero-order chi connectivity index (χ0) is 12.7. The van der Waals surface area contributed by atoms with Crippen molar-refractivity contribution in [2.24, 2.45) is 11.8 Å². The molecule has 3 atom stereocenters. The van der Waals surface area contributed by atoms with Crippen LogP contribution in [0.1, 0.15) is 12.8 Å². The maximum atomic E-state index is 13.7. The fourth-order valence-corrected chi connectivity index (χ4v) is 3.17. The molecule has 1 N–H and O–H groups in total. The third-order valence-electron chi connectivity index (χ3n) is 4.04. The van der Waals surface area contributed by atoms with Crippen molar-refractivity contribution in [3.63, 3.8) is 0 Å². The molecule has 2 aliphatic rings. The SMILES string of the molecule is Bc1cc(F)c(O[C@H]2C[C@H]3CNC[C@H]3C2)c(F)c1. The second-order valence-electron chi connectivity index (χ2n) is 5.45. The summed E-state index contributed by atoms with van der Waals surface area (Å²) in [5.41, 5.74) is 0.574. The van der Waals surface area contributed by atoms with Crippen molar-refractivity contribution < 1.29 is 13.5 Å². The van der Waals surface area contributed by atoms with E-state index in [-0.39, 0.29) is 11.9 Å². The molecular formula is C13H16BF2NO. The van der Waals surface area contributed by atoms with Gasteiger partial charge >= 0.3 is 0 Å². The zero-order valence-electron chi connectivity index (χ0n) is 10.4. The van der Waals surface area contributed by atoms with Crippen molar-refractivity contribution in [3.8, 4) is 5.75 Å². The number of rotatable bonds is 2. The highest BCUT2D eigenvalue weighted by Gasteiger charge is 2.38. The minimum atomic E-state index is -0.595. The molecule has 1 aromatic carbocycles. The highest BCUT2D eigenvalue weighted by Crippen LogP contribution is 2.37. The summed E-state index contributed by atoms with van der Waals surface area (Å²) in [6.45, 7) is 2.01. The van der Waals surface area contributed by atoms with E-state index in [9.17, 15) is 8.78 Å². The Morgan fingerprint density at radius 3 is 2.22 bits per heavy atom. The maximum Gasteiger partial charge on any atom is 0.190 e. The first-order chi connectivity index (χ1) is 8.63. The van der Waals surface area contributed by atoms with Crippen molar-refractivity contribution >= 4 is 13.3 Å². The molecular weight excluding hydrogens is 235 g/mol. The number of fused-ring (bicyclic) bond motifs is 1. The maximum absolute atomic E-state index is 13.7. The van der Waals surface area contributed by atoms with E-state index in [2.05, 4.69) is 5.32 Å². The number of ether oxygens (including phenoxy) is 1. The molecule has 1 saturated heterocycles. The number of hydrogen-bond acceptors (Lipinski definition) is 2. The molecule has 96 valence electrons. The topological polar surface area (TPSA) is 21.3 Å². The molecule has 0 bridgehead atoms. The number of halogens is 2. The van der Waals surface area contributed by atoms with Crippen molar-refractivity contribution in [2.75, 3.05) is 13.1 Å². The summed E-state index contributed by atoms with van der Waals surface area (Å²) in [5, 5.41) is 3.34. The molecule has 0 amide bonds. The lowest BCUT2D eigenvalue weighted by atomic mass is 9.96. The van der Waals surface area contributed by atoms with Gasteiger partial charge in [-0.3, -0.25) is 0 Å². The van der Waals surface area contributed by atoms with Crippen LogP contribution >= 0.6 is 0 Å². The third kappa shape index (κ3) is 2.12. The zero-order valence-corrected chi connectivity index (χ0v) is 10.4. The third-order valence-corrected chi connectivity index (χ3v) is 4.04. The van der Waals surface area contributed by atoms with E-state index in [0.29, 0.717) is 17.3 Å². The van der Waals surface area contributed by atoms with Crippen LogP contribution < -0.4 is 15.5 Å². The van der Waals surface area contributed by atoms with Gasteiger partial charge in [-0.25, -0.2) is 8.78 Å². The van der Waals surface area contributed by atoms with Crippen molar-refractivity contribution in [3.05, 3.63) is 23.8 Å². The molecule has 18 heavy (non-hydrogen) atoms. The van der Waals surface area contributed by atoms with Gasteiger partial charge in [-0.05, 0) is 49.9 Å². The smallest absolute Gasteiger partial charge is 0.190 e. The van der Waals surface area contributed by atoms with Gasteiger partial charge in [-0.1, -0.05) is 5.46 Å². The molecule has 5 heteroatoms. The van der Waals surface area contributed by atoms with Gasteiger partial charge in [0.1, 0.15) is 7.85 Å². The fraction of sp³-hybridized carbons (Fsp3) is 0.538. The first kappa shape index (κ1) is 12.0. The molecule has 1 aliphatic heterocycles. The Labute approximate surface area is 106 Å². The van der Waals surface area contributed by atoms with E-state index < -0.39 is 11.6 Å². The molecule has 0 radical (unpaired) electrons. The summed E-state index contributed by atoms with van der Waals surface area (Å²) in [5.74, 6) is -0.193. The second kappa shape index (κ2) is 4.54. The molecule has 1 aromatic rings. The average molecular weight is 251 g/mol. The fourth-order valence-electron chi connectivity index (χ4n) is 3.17. The Morgan fingerprint density at radius 1 is 1.11 bits per heavy atom. The standard InChI is InChI=1S/C13H16BF2NO/c14-9-3-11(15)13(12(16)4-9)18-10-1-7-5-17-6-8(7)2-10/h3-4,7-8,10,17H,1-2,5-6,14H2/t7-,8+,10-. The van der Waals surface area contributed by atoms with Crippen LogP contribution in [-0.4, -0.2) is 27.0 Å². The van der Waals surface area contributed by atoms with E-state index in [1.807, 2.05) is 0 Å². The molecule has 1 aliphatic carbocycles. The second-order valence-corrected chi connectivity index (χ2v) is 5.45. The number of nitrogens with one attached hydrogen (secondary N) is 1. The Morgan fingerprint density at radius 2 is 1.67 bits per heavy atom. The summed E-state index contributed by atoms with van der Waals surface area (Å²) in [6, 6.07) is 2.63. The van der Waals surface area contributed by atoms with Gasteiger partial charge in [0.25, 0.3) is 0 Å². The minimum absolute atomic E-state index is 0.0474. The van der Waals surface area contributed by atoms with E-state index in [1.165, 1.54) is 12.1 Å². The summed E-state index contributed by atoms with van der Waals surface area (Å²) in [6.07, 6.45) is 1.74. The summed E-state index contributed by atoms with van der Waals surface area (Å²) in [4.78, 5) is 0. The largest absolute Gasteiger partial charge is 0.484 e. The highest BCUT2D eigenvalue weighted by atomic mass is 19.1. The van der Waals surface area contributed by atoms with Gasteiger partial charge < -0.3 is 10.1 Å². The number of hydrogen-bond donors (Lipinski definition) is 1.